The second kappa shape index (κ2) is 13.9. The van der Waals surface area contributed by atoms with Gasteiger partial charge in [-0.2, -0.15) is 13.2 Å². The summed E-state index contributed by atoms with van der Waals surface area (Å²) in [5.41, 5.74) is 1.74. The van der Waals surface area contributed by atoms with E-state index in [0.29, 0.717) is 23.3 Å². The minimum Gasteiger partial charge on any atom is -0.389 e. The number of benzene rings is 3. The SMILES string of the molecule is Cc1csc(C2COCN2C(=O)c2cccc(C(=O)NC(C)C(O)C(NCc3cccc(C(F)(F)F)c3)c3ccccc3)c2)n1. The van der Waals surface area contributed by atoms with Crippen LogP contribution in [0.5, 0.6) is 0 Å². The average Bonchev–Trinajstić information content (AvgIpc) is 3.70. The molecule has 4 aromatic rings. The molecule has 236 valence electrons. The largest absolute Gasteiger partial charge is 0.416 e. The molecule has 3 aromatic carbocycles. The summed E-state index contributed by atoms with van der Waals surface area (Å²) in [7, 11) is 0. The van der Waals surface area contributed by atoms with Crippen LogP contribution in [0.4, 0.5) is 13.2 Å². The third-order valence-corrected chi connectivity index (χ3v) is 8.65. The minimum atomic E-state index is -4.47. The van der Waals surface area contributed by atoms with Crippen molar-refractivity contribution in [1.82, 2.24) is 20.5 Å². The van der Waals surface area contributed by atoms with E-state index in [2.05, 4.69) is 15.6 Å². The van der Waals surface area contributed by atoms with Gasteiger partial charge < -0.3 is 25.4 Å². The summed E-state index contributed by atoms with van der Waals surface area (Å²) in [6.07, 6.45) is -5.63. The van der Waals surface area contributed by atoms with Gasteiger partial charge in [0.05, 0.1) is 30.4 Å². The quantitative estimate of drug-likeness (QED) is 0.208. The number of aliphatic hydroxyl groups is 1. The first-order valence-corrected chi connectivity index (χ1v) is 15.2. The van der Waals surface area contributed by atoms with Gasteiger partial charge in [0.1, 0.15) is 17.8 Å². The van der Waals surface area contributed by atoms with Crippen LogP contribution in [0.3, 0.4) is 0 Å². The van der Waals surface area contributed by atoms with Crippen LogP contribution < -0.4 is 10.6 Å². The molecule has 2 amide bonds. The fraction of sp³-hybridized carbons (Fsp3) is 0.303. The van der Waals surface area contributed by atoms with E-state index in [1.807, 2.05) is 18.4 Å². The Hall–Kier alpha value is -4.10. The zero-order valence-electron chi connectivity index (χ0n) is 24.6. The molecule has 1 saturated heterocycles. The Labute approximate surface area is 262 Å². The predicted molar refractivity (Wildman–Crippen MR) is 163 cm³/mol. The Balaban J connectivity index is 1.28. The lowest BCUT2D eigenvalue weighted by molar-refractivity contribution is -0.137. The van der Waals surface area contributed by atoms with Crippen molar-refractivity contribution in [3.05, 3.63) is 123 Å². The average molecular weight is 639 g/mol. The number of nitrogens with zero attached hydrogens (tertiary/aromatic N) is 2. The molecule has 0 saturated carbocycles. The van der Waals surface area contributed by atoms with Crippen LogP contribution >= 0.6 is 11.3 Å². The molecule has 45 heavy (non-hydrogen) atoms. The number of amides is 2. The summed E-state index contributed by atoms with van der Waals surface area (Å²) < 4.78 is 45.3. The topological polar surface area (TPSA) is 104 Å². The second-order valence-corrected chi connectivity index (χ2v) is 11.8. The van der Waals surface area contributed by atoms with Crippen LogP contribution in [0.15, 0.2) is 84.2 Å². The van der Waals surface area contributed by atoms with Gasteiger partial charge in [0, 0.05) is 28.7 Å². The Morgan fingerprint density at radius 1 is 1.07 bits per heavy atom. The van der Waals surface area contributed by atoms with Crippen molar-refractivity contribution >= 4 is 23.2 Å². The summed E-state index contributed by atoms with van der Waals surface area (Å²) >= 11 is 1.46. The highest BCUT2D eigenvalue weighted by Crippen LogP contribution is 2.31. The summed E-state index contributed by atoms with van der Waals surface area (Å²) in [5.74, 6) is -0.790. The molecule has 2 heterocycles. The first-order valence-electron chi connectivity index (χ1n) is 14.4. The van der Waals surface area contributed by atoms with Crippen LogP contribution in [0, 0.1) is 6.92 Å². The Bertz CT molecular complexity index is 1630. The van der Waals surface area contributed by atoms with Crippen LogP contribution in [0.1, 0.15) is 67.1 Å². The number of ether oxygens (including phenoxy) is 1. The van der Waals surface area contributed by atoms with E-state index in [0.717, 1.165) is 22.8 Å². The van der Waals surface area contributed by atoms with Crippen LogP contribution in [0.2, 0.25) is 0 Å². The molecule has 3 N–H and O–H groups in total. The number of aromatic nitrogens is 1. The number of carbonyl (C=O) groups is 2. The second-order valence-electron chi connectivity index (χ2n) is 10.9. The van der Waals surface area contributed by atoms with Gasteiger partial charge in [-0.1, -0.05) is 54.6 Å². The van der Waals surface area contributed by atoms with Gasteiger partial charge in [0.25, 0.3) is 11.8 Å². The maximum atomic E-state index is 13.4. The molecule has 5 rings (SSSR count). The zero-order valence-corrected chi connectivity index (χ0v) is 25.4. The summed E-state index contributed by atoms with van der Waals surface area (Å²) in [6, 6.07) is 18.5. The number of nitrogens with one attached hydrogen (secondary N) is 2. The molecule has 12 heteroatoms. The Morgan fingerprint density at radius 3 is 2.51 bits per heavy atom. The molecular formula is C33H33F3N4O4S. The van der Waals surface area contributed by atoms with E-state index < -0.39 is 35.8 Å². The Kier molecular flexibility index (Phi) is 9.98. The molecule has 1 aliphatic rings. The van der Waals surface area contributed by atoms with Crippen LogP contribution in [-0.4, -0.2) is 52.3 Å². The molecule has 0 spiro atoms. The molecule has 0 bridgehead atoms. The van der Waals surface area contributed by atoms with Crippen molar-refractivity contribution in [2.75, 3.05) is 13.3 Å². The molecule has 8 nitrogen and oxygen atoms in total. The van der Waals surface area contributed by atoms with Crippen molar-refractivity contribution in [2.24, 2.45) is 0 Å². The van der Waals surface area contributed by atoms with E-state index in [1.54, 1.807) is 60.4 Å². The lowest BCUT2D eigenvalue weighted by Gasteiger charge is -2.30. The zero-order chi connectivity index (χ0) is 32.1. The highest BCUT2D eigenvalue weighted by atomic mass is 32.1. The first kappa shape index (κ1) is 32.3. The minimum absolute atomic E-state index is 0.0487. The molecule has 0 aliphatic carbocycles. The fourth-order valence-corrected chi connectivity index (χ4v) is 6.07. The number of hydrogen-bond acceptors (Lipinski definition) is 7. The van der Waals surface area contributed by atoms with Crippen LogP contribution in [0.25, 0.3) is 0 Å². The van der Waals surface area contributed by atoms with Crippen molar-refractivity contribution in [1.29, 1.82) is 0 Å². The van der Waals surface area contributed by atoms with Gasteiger partial charge in [-0.3, -0.25) is 9.59 Å². The van der Waals surface area contributed by atoms with Gasteiger partial charge in [0.15, 0.2) is 0 Å². The number of halogens is 3. The van der Waals surface area contributed by atoms with Crippen molar-refractivity contribution in [3.63, 3.8) is 0 Å². The molecule has 0 radical (unpaired) electrons. The molecule has 4 unspecified atom stereocenters. The van der Waals surface area contributed by atoms with E-state index in [1.165, 1.54) is 23.5 Å². The number of aliphatic hydroxyl groups excluding tert-OH is 1. The monoisotopic (exact) mass is 638 g/mol. The van der Waals surface area contributed by atoms with Gasteiger partial charge >= 0.3 is 6.18 Å². The van der Waals surface area contributed by atoms with Crippen molar-refractivity contribution < 1.29 is 32.6 Å². The highest BCUT2D eigenvalue weighted by Gasteiger charge is 2.34. The van der Waals surface area contributed by atoms with Crippen molar-refractivity contribution in [3.8, 4) is 0 Å². The molecule has 4 atom stereocenters. The van der Waals surface area contributed by atoms with E-state index in [9.17, 15) is 27.9 Å². The standard InChI is InChI=1S/C33H33F3N4O4S/c1-20-18-45-31(38-20)27-17-44-19-40(27)32(43)25-12-7-11-24(15-25)30(42)39-21(2)29(41)28(23-9-4-3-5-10-23)37-16-22-8-6-13-26(14-22)33(34,35)36/h3-15,18,21,27-29,37,41H,16-17,19H2,1-2H3,(H,39,42). The smallest absolute Gasteiger partial charge is 0.389 e. The van der Waals surface area contributed by atoms with Gasteiger partial charge in [-0.05, 0) is 49.2 Å². The first-order chi connectivity index (χ1) is 21.5. The van der Waals surface area contributed by atoms with Crippen molar-refractivity contribution in [2.45, 2.75) is 50.8 Å². The number of aryl methyl sites for hydroxylation is 1. The third-order valence-electron chi connectivity index (χ3n) is 7.59. The number of rotatable bonds is 10. The van der Waals surface area contributed by atoms with E-state index in [-0.39, 0.29) is 30.8 Å². The lowest BCUT2D eigenvalue weighted by Crippen LogP contribution is -2.47. The Morgan fingerprint density at radius 2 is 1.80 bits per heavy atom. The molecule has 1 aromatic heterocycles. The van der Waals surface area contributed by atoms with E-state index >= 15 is 0 Å². The van der Waals surface area contributed by atoms with Gasteiger partial charge in [-0.15, -0.1) is 11.3 Å². The molecule has 1 aliphatic heterocycles. The van der Waals surface area contributed by atoms with Gasteiger partial charge in [0.2, 0.25) is 0 Å². The fourth-order valence-electron chi connectivity index (χ4n) is 5.18. The summed E-state index contributed by atoms with van der Waals surface area (Å²) in [4.78, 5) is 32.8. The summed E-state index contributed by atoms with van der Waals surface area (Å²) in [5, 5.41) is 20.1. The number of hydrogen-bond donors (Lipinski definition) is 3. The predicted octanol–water partition coefficient (Wildman–Crippen LogP) is 5.65. The highest BCUT2D eigenvalue weighted by molar-refractivity contribution is 7.09. The normalized spacial score (nSPS) is 17.1. The molecular weight excluding hydrogens is 605 g/mol. The van der Waals surface area contributed by atoms with Crippen LogP contribution in [-0.2, 0) is 17.5 Å². The van der Waals surface area contributed by atoms with E-state index in [4.69, 9.17) is 4.74 Å². The number of thiazole rings is 1. The third kappa shape index (κ3) is 7.77. The summed E-state index contributed by atoms with van der Waals surface area (Å²) in [6.45, 7) is 4.01. The maximum absolute atomic E-state index is 13.4. The van der Waals surface area contributed by atoms with Gasteiger partial charge in [-0.25, -0.2) is 4.98 Å². The maximum Gasteiger partial charge on any atom is 0.416 e. The number of alkyl halides is 3. The lowest BCUT2D eigenvalue weighted by atomic mass is 9.96. The number of carbonyl (C=O) groups excluding carboxylic acids is 2. The molecule has 1 fully saturated rings.